The van der Waals surface area contributed by atoms with Crippen molar-refractivity contribution in [3.05, 3.63) is 46.5 Å². The second-order valence-electron chi connectivity index (χ2n) is 5.43. The van der Waals surface area contributed by atoms with Crippen molar-refractivity contribution in [3.63, 3.8) is 0 Å². The lowest BCUT2D eigenvalue weighted by molar-refractivity contribution is -0.117. The first-order chi connectivity index (χ1) is 11.5. The van der Waals surface area contributed by atoms with Gasteiger partial charge in [0.1, 0.15) is 6.54 Å². The summed E-state index contributed by atoms with van der Waals surface area (Å²) in [6, 6.07) is 7.28. The monoisotopic (exact) mass is 347 g/mol. The highest BCUT2D eigenvalue weighted by molar-refractivity contribution is 7.13. The van der Waals surface area contributed by atoms with Crippen molar-refractivity contribution in [2.45, 2.75) is 13.8 Å². The van der Waals surface area contributed by atoms with Crippen LogP contribution in [-0.2, 0) is 9.53 Å². The molecule has 7 heteroatoms. The van der Waals surface area contributed by atoms with Crippen molar-refractivity contribution < 1.29 is 14.3 Å². The van der Waals surface area contributed by atoms with Gasteiger partial charge in [-0.1, -0.05) is 17.7 Å². The number of hydrogen-bond donors (Lipinski definition) is 1. The molecule has 2 aromatic rings. The minimum Gasteiger partial charge on any atom is -0.383 e. The summed E-state index contributed by atoms with van der Waals surface area (Å²) in [7, 11) is 1.56. The number of aromatic nitrogens is 1. The molecule has 1 N–H and O–H groups in total. The van der Waals surface area contributed by atoms with Gasteiger partial charge in [0.15, 0.2) is 5.13 Å². The second-order valence-corrected chi connectivity index (χ2v) is 6.29. The van der Waals surface area contributed by atoms with E-state index in [9.17, 15) is 9.59 Å². The lowest BCUT2D eigenvalue weighted by Gasteiger charge is -2.21. The number of rotatable bonds is 7. The summed E-state index contributed by atoms with van der Waals surface area (Å²) < 4.78 is 5.04. The third kappa shape index (κ3) is 5.14. The third-order valence-corrected chi connectivity index (χ3v) is 4.23. The van der Waals surface area contributed by atoms with Gasteiger partial charge in [-0.15, -0.1) is 11.3 Å². The van der Waals surface area contributed by atoms with Gasteiger partial charge in [-0.3, -0.25) is 9.59 Å². The average molecular weight is 347 g/mol. The quantitative estimate of drug-likeness (QED) is 0.835. The minimum atomic E-state index is -0.277. The molecule has 128 valence electrons. The summed E-state index contributed by atoms with van der Waals surface area (Å²) in [4.78, 5) is 30.5. The molecular weight excluding hydrogens is 326 g/mol. The van der Waals surface area contributed by atoms with Crippen LogP contribution in [0.1, 0.15) is 21.6 Å². The van der Waals surface area contributed by atoms with E-state index in [4.69, 9.17) is 4.74 Å². The first-order valence-electron chi connectivity index (χ1n) is 7.56. The molecule has 2 rings (SSSR count). The van der Waals surface area contributed by atoms with Crippen LogP contribution in [0.2, 0.25) is 0 Å². The fraction of sp³-hybridized carbons (Fsp3) is 0.353. The third-order valence-electron chi connectivity index (χ3n) is 3.35. The van der Waals surface area contributed by atoms with Crippen LogP contribution in [0.4, 0.5) is 5.13 Å². The van der Waals surface area contributed by atoms with Gasteiger partial charge in [-0.05, 0) is 26.0 Å². The van der Waals surface area contributed by atoms with Gasteiger partial charge in [-0.2, -0.15) is 0 Å². The summed E-state index contributed by atoms with van der Waals surface area (Å²) in [5.41, 5.74) is 2.48. The SMILES string of the molecule is COCCN(CC(=O)Nc1nc(C)cs1)C(=O)c1ccc(C)cc1. The molecule has 2 amide bonds. The van der Waals surface area contributed by atoms with Crippen LogP contribution in [0.25, 0.3) is 0 Å². The smallest absolute Gasteiger partial charge is 0.254 e. The molecule has 0 bridgehead atoms. The number of nitrogens with one attached hydrogen (secondary N) is 1. The maximum Gasteiger partial charge on any atom is 0.254 e. The first-order valence-corrected chi connectivity index (χ1v) is 8.44. The molecule has 1 aromatic carbocycles. The molecule has 0 saturated heterocycles. The van der Waals surface area contributed by atoms with Crippen LogP contribution in [0, 0.1) is 13.8 Å². The Bertz CT molecular complexity index is 697. The van der Waals surface area contributed by atoms with Crippen molar-refractivity contribution in [2.75, 3.05) is 32.1 Å². The van der Waals surface area contributed by atoms with E-state index in [0.29, 0.717) is 23.8 Å². The van der Waals surface area contributed by atoms with Crippen molar-refractivity contribution in [2.24, 2.45) is 0 Å². The Hall–Kier alpha value is -2.25. The summed E-state index contributed by atoms with van der Waals surface area (Å²) in [6.07, 6.45) is 0. The van der Waals surface area contributed by atoms with Crippen LogP contribution in [0.5, 0.6) is 0 Å². The summed E-state index contributed by atoms with van der Waals surface area (Å²) in [5, 5.41) is 5.11. The summed E-state index contributed by atoms with van der Waals surface area (Å²) in [5.74, 6) is -0.474. The molecule has 0 spiro atoms. The standard InChI is InChI=1S/C17H21N3O3S/c1-12-4-6-14(7-5-12)16(22)20(8-9-23-3)10-15(21)19-17-18-13(2)11-24-17/h4-7,11H,8-10H2,1-3H3,(H,18,19,21). The Labute approximate surface area is 145 Å². The van der Waals surface area contributed by atoms with E-state index < -0.39 is 0 Å². The van der Waals surface area contributed by atoms with Gasteiger partial charge in [0.25, 0.3) is 5.91 Å². The first kappa shape index (κ1) is 18.1. The molecule has 0 fully saturated rings. The van der Waals surface area contributed by atoms with E-state index in [0.717, 1.165) is 11.3 Å². The highest BCUT2D eigenvalue weighted by Crippen LogP contribution is 2.14. The normalized spacial score (nSPS) is 10.5. The maximum absolute atomic E-state index is 12.6. The van der Waals surface area contributed by atoms with Gasteiger partial charge in [-0.25, -0.2) is 4.98 Å². The highest BCUT2D eigenvalue weighted by Gasteiger charge is 2.19. The van der Waals surface area contributed by atoms with Gasteiger partial charge in [0, 0.05) is 24.6 Å². The van der Waals surface area contributed by atoms with Gasteiger partial charge < -0.3 is 15.0 Å². The number of carbonyl (C=O) groups excluding carboxylic acids is 2. The van der Waals surface area contributed by atoms with Crippen molar-refractivity contribution in [1.29, 1.82) is 0 Å². The summed E-state index contributed by atoms with van der Waals surface area (Å²) in [6.45, 7) is 4.47. The fourth-order valence-corrected chi connectivity index (χ4v) is 2.78. The average Bonchev–Trinajstić information content (AvgIpc) is 2.96. The number of anilines is 1. The molecule has 0 radical (unpaired) electrons. The Balaban J connectivity index is 2.05. The number of benzene rings is 1. The van der Waals surface area contributed by atoms with Crippen molar-refractivity contribution in [1.82, 2.24) is 9.88 Å². The predicted octanol–water partition coefficient (Wildman–Crippen LogP) is 2.49. The molecule has 6 nitrogen and oxygen atoms in total. The van der Waals surface area contributed by atoms with E-state index in [1.54, 1.807) is 19.2 Å². The highest BCUT2D eigenvalue weighted by atomic mass is 32.1. The van der Waals surface area contributed by atoms with Gasteiger partial charge in [0.05, 0.1) is 12.3 Å². The van der Waals surface area contributed by atoms with E-state index in [2.05, 4.69) is 10.3 Å². The number of hydrogen-bond acceptors (Lipinski definition) is 5. The lowest BCUT2D eigenvalue weighted by Crippen LogP contribution is -2.40. The number of thiazole rings is 1. The largest absolute Gasteiger partial charge is 0.383 e. The summed E-state index contributed by atoms with van der Waals surface area (Å²) >= 11 is 1.36. The zero-order valence-electron chi connectivity index (χ0n) is 14.0. The van der Waals surface area contributed by atoms with E-state index in [1.165, 1.54) is 16.2 Å². The molecule has 0 aliphatic heterocycles. The molecule has 0 aliphatic carbocycles. The minimum absolute atomic E-state index is 0.0469. The zero-order chi connectivity index (χ0) is 17.5. The van der Waals surface area contributed by atoms with Gasteiger partial charge in [0.2, 0.25) is 5.91 Å². The topological polar surface area (TPSA) is 71.5 Å². The van der Waals surface area contributed by atoms with E-state index in [-0.39, 0.29) is 18.4 Å². The molecule has 1 heterocycles. The van der Waals surface area contributed by atoms with E-state index in [1.807, 2.05) is 31.4 Å². The molecular formula is C17H21N3O3S. The number of ether oxygens (including phenoxy) is 1. The molecule has 24 heavy (non-hydrogen) atoms. The predicted molar refractivity (Wildman–Crippen MR) is 94.4 cm³/mol. The second kappa shape index (κ2) is 8.56. The number of amides is 2. The Morgan fingerprint density at radius 2 is 1.96 bits per heavy atom. The number of methoxy groups -OCH3 is 1. The van der Waals surface area contributed by atoms with E-state index >= 15 is 0 Å². The van der Waals surface area contributed by atoms with Crippen molar-refractivity contribution >= 4 is 28.3 Å². The van der Waals surface area contributed by atoms with Crippen LogP contribution in [-0.4, -0.2) is 48.5 Å². The number of nitrogens with zero attached hydrogens (tertiary/aromatic N) is 2. The fourth-order valence-electron chi connectivity index (χ4n) is 2.08. The van der Waals surface area contributed by atoms with Crippen LogP contribution in [0.3, 0.4) is 0 Å². The zero-order valence-corrected chi connectivity index (χ0v) is 14.9. The molecule has 1 aromatic heterocycles. The maximum atomic E-state index is 12.6. The molecule has 0 aliphatic rings. The molecule has 0 unspecified atom stereocenters. The van der Waals surface area contributed by atoms with Crippen LogP contribution >= 0.6 is 11.3 Å². The molecule has 0 saturated carbocycles. The number of carbonyl (C=O) groups is 2. The van der Waals surface area contributed by atoms with Crippen LogP contribution in [0.15, 0.2) is 29.6 Å². The Morgan fingerprint density at radius 1 is 1.25 bits per heavy atom. The number of aryl methyl sites for hydroxylation is 2. The Morgan fingerprint density at radius 3 is 2.54 bits per heavy atom. The lowest BCUT2D eigenvalue weighted by atomic mass is 10.1. The van der Waals surface area contributed by atoms with Crippen molar-refractivity contribution in [3.8, 4) is 0 Å². The molecule has 0 atom stereocenters. The van der Waals surface area contributed by atoms with Gasteiger partial charge >= 0.3 is 0 Å². The van der Waals surface area contributed by atoms with Crippen LogP contribution < -0.4 is 5.32 Å². The Kier molecular flexibility index (Phi) is 6.45.